The van der Waals surface area contributed by atoms with Gasteiger partial charge in [-0.2, -0.15) is 0 Å². The summed E-state index contributed by atoms with van der Waals surface area (Å²) in [5.74, 6) is 0. The first kappa shape index (κ1) is 11.6. The van der Waals surface area contributed by atoms with Gasteiger partial charge in [0, 0.05) is 22.8 Å². The normalized spacial score (nSPS) is 11.9. The molecule has 0 saturated carbocycles. The second-order valence-electron chi connectivity index (χ2n) is 2.96. The highest BCUT2D eigenvalue weighted by atomic mass is 32.2. The van der Waals surface area contributed by atoms with Crippen LogP contribution in [0.3, 0.4) is 0 Å². The van der Waals surface area contributed by atoms with Gasteiger partial charge in [-0.25, -0.2) is 13.1 Å². The Balaban J connectivity index is 2.98. The molecule has 0 aromatic carbocycles. The second kappa shape index (κ2) is 4.39. The SMILES string of the molecule is Cc1cc(S(=O)(=O)NCCN)c(C)s1. The smallest absolute Gasteiger partial charge is 0.241 e. The Kier molecular flexibility index (Phi) is 3.65. The van der Waals surface area contributed by atoms with Crippen LogP contribution in [-0.2, 0) is 10.0 Å². The minimum atomic E-state index is -3.35. The number of rotatable bonds is 4. The van der Waals surface area contributed by atoms with E-state index < -0.39 is 10.0 Å². The van der Waals surface area contributed by atoms with Crippen LogP contribution in [0.4, 0.5) is 0 Å². The van der Waals surface area contributed by atoms with Crippen LogP contribution in [-0.4, -0.2) is 21.5 Å². The average molecular weight is 234 g/mol. The number of sulfonamides is 1. The predicted molar refractivity (Wildman–Crippen MR) is 58.0 cm³/mol. The Hall–Kier alpha value is -0.430. The van der Waals surface area contributed by atoms with Crippen LogP contribution >= 0.6 is 11.3 Å². The predicted octanol–water partition coefficient (Wildman–Crippen LogP) is 0.602. The number of nitrogens with two attached hydrogens (primary N) is 1. The fourth-order valence-electron chi connectivity index (χ4n) is 1.15. The van der Waals surface area contributed by atoms with E-state index in [2.05, 4.69) is 4.72 Å². The molecule has 6 heteroatoms. The minimum absolute atomic E-state index is 0.274. The van der Waals surface area contributed by atoms with E-state index in [1.807, 2.05) is 6.92 Å². The lowest BCUT2D eigenvalue weighted by atomic mass is 10.4. The number of thiophene rings is 1. The Morgan fingerprint density at radius 1 is 1.50 bits per heavy atom. The van der Waals surface area contributed by atoms with Crippen LogP contribution in [0.5, 0.6) is 0 Å². The Morgan fingerprint density at radius 2 is 2.14 bits per heavy atom. The zero-order valence-corrected chi connectivity index (χ0v) is 9.83. The largest absolute Gasteiger partial charge is 0.329 e. The maximum absolute atomic E-state index is 11.7. The molecule has 0 aliphatic rings. The molecule has 0 bridgehead atoms. The fourth-order valence-corrected chi connectivity index (χ4v) is 3.75. The van der Waals surface area contributed by atoms with E-state index in [0.29, 0.717) is 11.4 Å². The first-order valence-electron chi connectivity index (χ1n) is 4.24. The Morgan fingerprint density at radius 3 is 2.57 bits per heavy atom. The van der Waals surface area contributed by atoms with Gasteiger partial charge in [0.15, 0.2) is 0 Å². The van der Waals surface area contributed by atoms with Crippen molar-refractivity contribution in [2.45, 2.75) is 18.7 Å². The summed E-state index contributed by atoms with van der Waals surface area (Å²) in [5, 5.41) is 0. The van der Waals surface area contributed by atoms with E-state index in [-0.39, 0.29) is 6.54 Å². The molecule has 0 unspecified atom stereocenters. The number of hydrogen-bond donors (Lipinski definition) is 2. The topological polar surface area (TPSA) is 72.2 Å². The molecule has 0 fully saturated rings. The molecule has 0 aliphatic heterocycles. The molecular formula is C8H14N2O2S2. The highest BCUT2D eigenvalue weighted by molar-refractivity contribution is 7.89. The van der Waals surface area contributed by atoms with Crippen molar-refractivity contribution in [3.63, 3.8) is 0 Å². The van der Waals surface area contributed by atoms with E-state index in [4.69, 9.17) is 5.73 Å². The summed E-state index contributed by atoms with van der Waals surface area (Å²) in [6.07, 6.45) is 0. The van der Waals surface area contributed by atoms with Gasteiger partial charge in [0.1, 0.15) is 0 Å². The van der Waals surface area contributed by atoms with Gasteiger partial charge in [0.05, 0.1) is 4.90 Å². The molecule has 0 aliphatic carbocycles. The highest BCUT2D eigenvalue weighted by Crippen LogP contribution is 2.24. The third-order valence-electron chi connectivity index (χ3n) is 1.72. The van der Waals surface area contributed by atoms with Crippen LogP contribution in [0.25, 0.3) is 0 Å². The maximum Gasteiger partial charge on any atom is 0.241 e. The summed E-state index contributed by atoms with van der Waals surface area (Å²) in [5.41, 5.74) is 5.23. The molecule has 4 nitrogen and oxygen atoms in total. The van der Waals surface area contributed by atoms with Crippen molar-refractivity contribution in [1.29, 1.82) is 0 Å². The fraction of sp³-hybridized carbons (Fsp3) is 0.500. The van der Waals surface area contributed by atoms with Crippen LogP contribution in [0, 0.1) is 13.8 Å². The highest BCUT2D eigenvalue weighted by Gasteiger charge is 2.17. The van der Waals surface area contributed by atoms with Crippen molar-refractivity contribution in [1.82, 2.24) is 4.72 Å². The van der Waals surface area contributed by atoms with E-state index in [9.17, 15) is 8.42 Å². The van der Waals surface area contributed by atoms with Gasteiger partial charge in [-0.05, 0) is 19.9 Å². The Labute approximate surface area is 88.2 Å². The molecule has 14 heavy (non-hydrogen) atoms. The molecule has 3 N–H and O–H groups in total. The quantitative estimate of drug-likeness (QED) is 0.801. The molecule has 1 aromatic rings. The summed E-state index contributed by atoms with van der Waals surface area (Å²) < 4.78 is 25.8. The van der Waals surface area contributed by atoms with Crippen LogP contribution in [0.1, 0.15) is 9.75 Å². The van der Waals surface area contributed by atoms with Crippen molar-refractivity contribution in [3.8, 4) is 0 Å². The first-order chi connectivity index (χ1) is 6.47. The van der Waals surface area contributed by atoms with Gasteiger partial charge in [0.2, 0.25) is 10.0 Å². The molecule has 1 aromatic heterocycles. The van der Waals surface area contributed by atoms with Crippen molar-refractivity contribution in [2.75, 3.05) is 13.1 Å². The summed E-state index contributed by atoms with van der Waals surface area (Å²) in [7, 11) is -3.35. The standard InChI is InChI=1S/C8H14N2O2S2/c1-6-5-8(7(2)13-6)14(11,12)10-4-3-9/h5,10H,3-4,9H2,1-2H3. The monoisotopic (exact) mass is 234 g/mol. The van der Waals surface area contributed by atoms with Gasteiger partial charge >= 0.3 is 0 Å². The molecular weight excluding hydrogens is 220 g/mol. The molecule has 0 amide bonds. The number of aryl methyl sites for hydroxylation is 2. The molecule has 0 radical (unpaired) electrons. The van der Waals surface area contributed by atoms with Crippen molar-refractivity contribution < 1.29 is 8.42 Å². The minimum Gasteiger partial charge on any atom is -0.329 e. The van der Waals surface area contributed by atoms with E-state index in [0.717, 1.165) is 9.75 Å². The first-order valence-corrected chi connectivity index (χ1v) is 6.54. The number of hydrogen-bond acceptors (Lipinski definition) is 4. The van der Waals surface area contributed by atoms with E-state index >= 15 is 0 Å². The van der Waals surface area contributed by atoms with E-state index in [1.54, 1.807) is 13.0 Å². The zero-order valence-electron chi connectivity index (χ0n) is 8.20. The molecule has 0 spiro atoms. The van der Waals surface area contributed by atoms with Gasteiger partial charge in [-0.3, -0.25) is 0 Å². The zero-order chi connectivity index (χ0) is 10.8. The van der Waals surface area contributed by atoms with Gasteiger partial charge in [-0.15, -0.1) is 11.3 Å². The average Bonchev–Trinajstić information content (AvgIpc) is 2.42. The Bertz CT molecular complexity index is 409. The lowest BCUT2D eigenvalue weighted by Crippen LogP contribution is -2.29. The lowest BCUT2D eigenvalue weighted by molar-refractivity contribution is 0.582. The van der Waals surface area contributed by atoms with Gasteiger partial charge in [0.25, 0.3) is 0 Å². The third-order valence-corrected chi connectivity index (χ3v) is 4.40. The lowest BCUT2D eigenvalue weighted by Gasteiger charge is -2.03. The van der Waals surface area contributed by atoms with E-state index in [1.165, 1.54) is 11.3 Å². The second-order valence-corrected chi connectivity index (χ2v) is 6.16. The molecule has 1 heterocycles. The van der Waals surface area contributed by atoms with Crippen LogP contribution in [0.15, 0.2) is 11.0 Å². The molecule has 0 atom stereocenters. The summed E-state index contributed by atoms with van der Waals surface area (Å²) in [6.45, 7) is 4.27. The number of nitrogens with one attached hydrogen (secondary N) is 1. The summed E-state index contributed by atoms with van der Waals surface area (Å²) >= 11 is 1.48. The summed E-state index contributed by atoms with van der Waals surface area (Å²) in [6, 6.07) is 1.68. The van der Waals surface area contributed by atoms with Crippen LogP contribution < -0.4 is 10.5 Å². The van der Waals surface area contributed by atoms with Crippen LogP contribution in [0.2, 0.25) is 0 Å². The van der Waals surface area contributed by atoms with Crippen molar-refractivity contribution >= 4 is 21.4 Å². The van der Waals surface area contributed by atoms with Gasteiger partial charge < -0.3 is 5.73 Å². The molecule has 0 saturated heterocycles. The molecule has 1 rings (SSSR count). The van der Waals surface area contributed by atoms with Gasteiger partial charge in [-0.1, -0.05) is 0 Å². The van der Waals surface area contributed by atoms with Crippen molar-refractivity contribution in [2.24, 2.45) is 5.73 Å². The maximum atomic E-state index is 11.7. The summed E-state index contributed by atoms with van der Waals surface area (Å²) in [4.78, 5) is 2.18. The third kappa shape index (κ3) is 2.54. The van der Waals surface area contributed by atoms with Crippen molar-refractivity contribution in [3.05, 3.63) is 15.8 Å². The molecule has 80 valence electrons.